The molecule has 0 aliphatic carbocycles. The molecule has 0 fully saturated rings. The van der Waals surface area contributed by atoms with Crippen LogP contribution in [-0.2, 0) is 10.0 Å². The average Bonchev–Trinajstić information content (AvgIpc) is 2.62. The lowest BCUT2D eigenvalue weighted by Crippen LogP contribution is -2.32. The van der Waals surface area contributed by atoms with E-state index in [0.717, 1.165) is 12.8 Å². The van der Waals surface area contributed by atoms with Crippen LogP contribution in [0.4, 0.5) is 5.69 Å². The third-order valence-corrected chi connectivity index (χ3v) is 5.27. The number of hydrogen-bond donors (Lipinski definition) is 2. The van der Waals surface area contributed by atoms with Crippen molar-refractivity contribution in [3.05, 3.63) is 54.1 Å². The number of methoxy groups -OCH3 is 1. The summed E-state index contributed by atoms with van der Waals surface area (Å²) in [5.41, 5.74) is 0.874. The maximum absolute atomic E-state index is 12.4. The summed E-state index contributed by atoms with van der Waals surface area (Å²) < 4.78 is 32.3. The highest BCUT2D eigenvalue weighted by atomic mass is 32.2. The van der Waals surface area contributed by atoms with Gasteiger partial charge in [0.05, 0.1) is 12.0 Å². The smallest absolute Gasteiger partial charge is 0.261 e. The van der Waals surface area contributed by atoms with Crippen LogP contribution in [0.3, 0.4) is 0 Å². The lowest BCUT2D eigenvalue weighted by atomic mass is 10.1. The van der Waals surface area contributed by atoms with Gasteiger partial charge in [0.15, 0.2) is 0 Å². The molecule has 2 aromatic carbocycles. The van der Waals surface area contributed by atoms with E-state index in [9.17, 15) is 13.2 Å². The minimum atomic E-state index is -3.70. The lowest BCUT2D eigenvalue weighted by molar-refractivity contribution is 0.0938. The van der Waals surface area contributed by atoms with Crippen molar-refractivity contribution in [2.24, 2.45) is 0 Å². The van der Waals surface area contributed by atoms with Crippen LogP contribution in [0, 0.1) is 0 Å². The van der Waals surface area contributed by atoms with Crippen LogP contribution in [0.1, 0.15) is 37.0 Å². The molecule has 7 heteroatoms. The van der Waals surface area contributed by atoms with Crippen LogP contribution < -0.4 is 14.8 Å². The number of hydrogen-bond acceptors (Lipinski definition) is 4. The highest BCUT2D eigenvalue weighted by Gasteiger charge is 2.15. The Morgan fingerprint density at radius 1 is 1.08 bits per heavy atom. The average molecular weight is 376 g/mol. The van der Waals surface area contributed by atoms with Crippen LogP contribution >= 0.6 is 0 Å². The number of anilines is 1. The molecule has 140 valence electrons. The molecule has 0 aliphatic rings. The van der Waals surface area contributed by atoms with Gasteiger partial charge in [-0.25, -0.2) is 8.42 Å². The summed E-state index contributed by atoms with van der Waals surface area (Å²) in [5.74, 6) is 0.409. The molecule has 6 nitrogen and oxygen atoms in total. The first-order chi connectivity index (χ1) is 12.4. The second kappa shape index (κ2) is 8.71. The maximum atomic E-state index is 12.4. The molecule has 1 atom stereocenters. The Kier molecular flexibility index (Phi) is 6.63. The second-order valence-corrected chi connectivity index (χ2v) is 7.70. The summed E-state index contributed by atoms with van der Waals surface area (Å²) in [4.78, 5) is 12.3. The molecule has 0 aromatic heterocycles. The van der Waals surface area contributed by atoms with Gasteiger partial charge in [0.1, 0.15) is 5.75 Å². The third kappa shape index (κ3) is 5.23. The number of benzene rings is 2. The SMILES string of the molecule is CCCC(C)NC(=O)c1ccc(NS(=O)(=O)c2ccc(OC)cc2)cc1. The van der Waals surface area contributed by atoms with Gasteiger partial charge >= 0.3 is 0 Å². The largest absolute Gasteiger partial charge is 0.497 e. The van der Waals surface area contributed by atoms with E-state index >= 15 is 0 Å². The van der Waals surface area contributed by atoms with Crippen LogP contribution in [0.15, 0.2) is 53.4 Å². The summed E-state index contributed by atoms with van der Waals surface area (Å²) >= 11 is 0. The molecule has 0 radical (unpaired) electrons. The number of carbonyl (C=O) groups is 1. The third-order valence-electron chi connectivity index (χ3n) is 3.87. The van der Waals surface area contributed by atoms with Crippen molar-refractivity contribution in [2.45, 2.75) is 37.6 Å². The molecular weight excluding hydrogens is 352 g/mol. The van der Waals surface area contributed by atoms with Crippen LogP contribution in [0.2, 0.25) is 0 Å². The Hall–Kier alpha value is -2.54. The summed E-state index contributed by atoms with van der Waals surface area (Å²) in [5, 5.41) is 2.91. The van der Waals surface area contributed by atoms with E-state index in [1.54, 1.807) is 36.4 Å². The highest BCUT2D eigenvalue weighted by molar-refractivity contribution is 7.92. The van der Waals surface area contributed by atoms with Gasteiger partial charge in [-0.15, -0.1) is 0 Å². The first-order valence-electron chi connectivity index (χ1n) is 8.43. The zero-order valence-electron chi connectivity index (χ0n) is 15.2. The Morgan fingerprint density at radius 2 is 1.69 bits per heavy atom. The topological polar surface area (TPSA) is 84.5 Å². The number of ether oxygens (including phenoxy) is 1. The molecule has 1 unspecified atom stereocenters. The molecule has 26 heavy (non-hydrogen) atoms. The first-order valence-corrected chi connectivity index (χ1v) is 9.92. The van der Waals surface area contributed by atoms with Gasteiger partial charge in [-0.3, -0.25) is 9.52 Å². The fourth-order valence-corrected chi connectivity index (χ4v) is 3.53. The Labute approximate surface area is 154 Å². The predicted octanol–water partition coefficient (Wildman–Crippen LogP) is 3.41. The van der Waals surface area contributed by atoms with Gasteiger partial charge < -0.3 is 10.1 Å². The molecular formula is C19H24N2O4S. The van der Waals surface area contributed by atoms with E-state index in [0.29, 0.717) is 17.0 Å². The molecule has 0 spiro atoms. The summed E-state index contributed by atoms with van der Waals surface area (Å²) in [6.07, 6.45) is 1.90. The van der Waals surface area contributed by atoms with E-state index in [-0.39, 0.29) is 16.8 Å². The first kappa shape index (κ1) is 19.8. The molecule has 2 rings (SSSR count). The van der Waals surface area contributed by atoms with Gasteiger partial charge in [-0.1, -0.05) is 13.3 Å². The Bertz CT molecular complexity index is 831. The Morgan fingerprint density at radius 3 is 2.23 bits per heavy atom. The van der Waals surface area contributed by atoms with Crippen molar-refractivity contribution in [3.8, 4) is 5.75 Å². The molecule has 0 heterocycles. The normalized spacial score (nSPS) is 12.3. The summed E-state index contributed by atoms with van der Waals surface area (Å²) in [7, 11) is -2.19. The predicted molar refractivity (Wildman–Crippen MR) is 102 cm³/mol. The highest BCUT2D eigenvalue weighted by Crippen LogP contribution is 2.19. The van der Waals surface area contributed by atoms with Crippen LogP contribution in [-0.4, -0.2) is 27.5 Å². The molecule has 0 bridgehead atoms. The van der Waals surface area contributed by atoms with Crippen molar-refractivity contribution >= 4 is 21.6 Å². The number of carbonyl (C=O) groups excluding carboxylic acids is 1. The zero-order chi connectivity index (χ0) is 19.2. The van der Waals surface area contributed by atoms with Crippen molar-refractivity contribution in [1.29, 1.82) is 0 Å². The maximum Gasteiger partial charge on any atom is 0.261 e. The number of rotatable bonds is 8. The molecule has 0 saturated carbocycles. The van der Waals surface area contributed by atoms with E-state index in [4.69, 9.17) is 4.74 Å². The molecule has 2 aromatic rings. The molecule has 2 N–H and O–H groups in total. The van der Waals surface area contributed by atoms with Crippen molar-refractivity contribution in [1.82, 2.24) is 5.32 Å². The fraction of sp³-hybridized carbons (Fsp3) is 0.316. The van der Waals surface area contributed by atoms with E-state index < -0.39 is 10.0 Å². The van der Waals surface area contributed by atoms with Gasteiger partial charge in [-0.2, -0.15) is 0 Å². The number of nitrogens with one attached hydrogen (secondary N) is 2. The fourth-order valence-electron chi connectivity index (χ4n) is 2.47. The zero-order valence-corrected chi connectivity index (χ0v) is 16.0. The van der Waals surface area contributed by atoms with E-state index in [1.165, 1.54) is 19.2 Å². The van der Waals surface area contributed by atoms with E-state index in [2.05, 4.69) is 17.0 Å². The van der Waals surface area contributed by atoms with E-state index in [1.807, 2.05) is 6.92 Å². The quantitative estimate of drug-likeness (QED) is 0.739. The number of amides is 1. The molecule has 0 saturated heterocycles. The van der Waals surface area contributed by atoms with Crippen molar-refractivity contribution in [3.63, 3.8) is 0 Å². The second-order valence-electron chi connectivity index (χ2n) is 6.02. The molecule has 1 amide bonds. The van der Waals surface area contributed by atoms with Crippen LogP contribution in [0.25, 0.3) is 0 Å². The van der Waals surface area contributed by atoms with Crippen molar-refractivity contribution in [2.75, 3.05) is 11.8 Å². The van der Waals surface area contributed by atoms with Crippen molar-refractivity contribution < 1.29 is 17.9 Å². The summed E-state index contributed by atoms with van der Waals surface area (Å²) in [6, 6.07) is 12.5. The van der Waals surface area contributed by atoms with Gasteiger partial charge in [-0.05, 0) is 61.9 Å². The minimum Gasteiger partial charge on any atom is -0.497 e. The molecule has 0 aliphatic heterocycles. The lowest BCUT2D eigenvalue weighted by Gasteiger charge is -2.13. The monoisotopic (exact) mass is 376 g/mol. The Balaban J connectivity index is 2.06. The minimum absolute atomic E-state index is 0.0979. The van der Waals surface area contributed by atoms with Crippen LogP contribution in [0.5, 0.6) is 5.75 Å². The number of sulfonamides is 1. The summed E-state index contributed by atoms with van der Waals surface area (Å²) in [6.45, 7) is 4.02. The van der Waals surface area contributed by atoms with Gasteiger partial charge in [0, 0.05) is 17.3 Å². The standard InChI is InChI=1S/C19H24N2O4S/c1-4-5-14(2)20-19(22)15-6-8-16(9-7-15)21-26(23,24)18-12-10-17(25-3)11-13-18/h6-14,21H,4-5H2,1-3H3,(H,20,22). The van der Waals surface area contributed by atoms with Gasteiger partial charge in [0.2, 0.25) is 0 Å². The van der Waals surface area contributed by atoms with Gasteiger partial charge in [0.25, 0.3) is 15.9 Å².